The smallest absolute Gasteiger partial charge is 0.410 e. The summed E-state index contributed by atoms with van der Waals surface area (Å²) in [6.45, 7) is 18.9. The van der Waals surface area contributed by atoms with Crippen molar-refractivity contribution in [2.45, 2.75) is 130 Å². The maximum absolute atomic E-state index is 13.7. The molecule has 0 radical (unpaired) electrons. The van der Waals surface area contributed by atoms with Crippen molar-refractivity contribution in [3.8, 4) is 23.0 Å². The van der Waals surface area contributed by atoms with Crippen LogP contribution >= 0.6 is 12.4 Å². The minimum absolute atomic E-state index is 0. The predicted molar refractivity (Wildman–Crippen MR) is 246 cm³/mol. The molecule has 0 aromatic heterocycles. The number of nitrogens with zero attached hydrogens (tertiary/aromatic N) is 3. The number of hydrogen-bond donors (Lipinski definition) is 1. The Bertz CT molecular complexity index is 1630. The molecule has 15 heteroatoms. The van der Waals surface area contributed by atoms with E-state index in [-0.39, 0.29) is 54.5 Å². The molecule has 14 nitrogen and oxygen atoms in total. The molecule has 0 saturated carbocycles. The summed E-state index contributed by atoms with van der Waals surface area (Å²) >= 11 is 0. The average molecular weight is 894 g/mol. The molecule has 2 saturated heterocycles. The molecule has 2 unspecified atom stereocenters. The van der Waals surface area contributed by atoms with Gasteiger partial charge < -0.3 is 53.2 Å². The summed E-state index contributed by atoms with van der Waals surface area (Å²) in [5.74, 6) is 2.30. The van der Waals surface area contributed by atoms with E-state index in [0.29, 0.717) is 73.6 Å². The monoisotopic (exact) mass is 893 g/mol. The number of nitrogens with one attached hydrogen (secondary N) is 1. The predicted octanol–water partition coefficient (Wildman–Crippen LogP) is 8.28. The van der Waals surface area contributed by atoms with Gasteiger partial charge in [0.2, 0.25) is 0 Å². The van der Waals surface area contributed by atoms with Gasteiger partial charge >= 0.3 is 6.09 Å². The zero-order valence-corrected chi connectivity index (χ0v) is 40.2. The summed E-state index contributed by atoms with van der Waals surface area (Å²) in [5, 5.41) is 3.46. The largest absolute Gasteiger partial charge is 0.493 e. The number of halogens is 1. The second kappa shape index (κ2) is 27.9. The molecule has 0 aliphatic carbocycles. The van der Waals surface area contributed by atoms with E-state index in [2.05, 4.69) is 19.2 Å². The Hall–Kier alpha value is -3.98. The number of hydrogen-bond acceptors (Lipinski definition) is 11. The fourth-order valence-electron chi connectivity index (χ4n) is 7.64. The number of carbonyl (C=O) groups is 3. The van der Waals surface area contributed by atoms with E-state index in [1.165, 1.54) is 6.42 Å². The third-order valence-corrected chi connectivity index (χ3v) is 10.5. The van der Waals surface area contributed by atoms with Crippen molar-refractivity contribution >= 4 is 30.3 Å². The molecule has 1 N–H and O–H groups in total. The Morgan fingerprint density at radius 2 is 1.18 bits per heavy atom. The van der Waals surface area contributed by atoms with Crippen molar-refractivity contribution in [3.05, 3.63) is 47.5 Å². The molecule has 2 aromatic carbocycles. The summed E-state index contributed by atoms with van der Waals surface area (Å²) in [6.07, 6.45) is 7.19. The molecule has 352 valence electrons. The standard InChI is InChI=1S/C26H42N2O6.C21H34N2O4.ClH/c1-19(2)28(21-11-8-9-14-27(18-21)25(30)34-26(3,4)5)24(29)20-12-13-22(32-7)23(17-20)33-16-10-15-31-6;1-16(2)23(18-8-5-6-11-22-15-18)21(24)17-9-10-19(26-4)20(14-17)27-13-7-12-25-3;/h12-13,17,19,21H,8-11,14-16,18H2,1-7H3;9-10,14,16,18,22H,5-8,11-13,15H2,1-4H3;1H. The molecule has 2 heterocycles. The first-order valence-electron chi connectivity index (χ1n) is 22.1. The highest BCUT2D eigenvalue weighted by molar-refractivity contribution is 5.96. The average Bonchev–Trinajstić information content (AvgIpc) is 3.64. The van der Waals surface area contributed by atoms with Gasteiger partial charge in [-0.25, -0.2) is 4.79 Å². The van der Waals surface area contributed by atoms with Crippen LogP contribution in [0.25, 0.3) is 0 Å². The number of benzene rings is 2. The highest BCUT2D eigenvalue weighted by Crippen LogP contribution is 2.32. The Kier molecular flexibility index (Phi) is 24.4. The SMILES string of the molecule is COCCCOc1cc(C(=O)N(C(C)C)C2CCCCN(C(=O)OC(C)(C)C)C2)ccc1OC.COCCCOc1cc(C(=O)N(C(C)C)C2CCCCNC2)ccc1OC.Cl. The number of ether oxygens (including phenoxy) is 7. The van der Waals surface area contributed by atoms with Gasteiger partial charge in [0.05, 0.1) is 33.5 Å². The van der Waals surface area contributed by atoms with Gasteiger partial charge in [0.15, 0.2) is 23.0 Å². The maximum Gasteiger partial charge on any atom is 0.410 e. The van der Waals surface area contributed by atoms with Gasteiger partial charge in [-0.3, -0.25) is 9.59 Å². The van der Waals surface area contributed by atoms with Crippen molar-refractivity contribution < 1.29 is 47.5 Å². The van der Waals surface area contributed by atoms with E-state index >= 15 is 0 Å². The van der Waals surface area contributed by atoms with Crippen molar-refractivity contribution in [1.29, 1.82) is 0 Å². The topological polar surface area (TPSA) is 138 Å². The Balaban J connectivity index is 0.000000430. The lowest BCUT2D eigenvalue weighted by Gasteiger charge is -2.37. The van der Waals surface area contributed by atoms with Crippen molar-refractivity contribution in [2.75, 3.05) is 81.0 Å². The van der Waals surface area contributed by atoms with E-state index in [1.807, 2.05) is 56.6 Å². The van der Waals surface area contributed by atoms with Gasteiger partial charge in [-0.2, -0.15) is 0 Å². The molecule has 2 atom stereocenters. The van der Waals surface area contributed by atoms with Crippen LogP contribution in [-0.4, -0.2) is 143 Å². The first-order chi connectivity index (χ1) is 29.1. The van der Waals surface area contributed by atoms with Crippen LogP contribution in [0.2, 0.25) is 0 Å². The lowest BCUT2D eigenvalue weighted by molar-refractivity contribution is 0.0182. The number of carbonyl (C=O) groups excluding carboxylic acids is 3. The number of methoxy groups -OCH3 is 4. The Labute approximate surface area is 378 Å². The van der Waals surface area contributed by atoms with Gasteiger partial charge in [-0.1, -0.05) is 6.42 Å². The molecule has 2 aliphatic rings. The zero-order chi connectivity index (χ0) is 45.0. The van der Waals surface area contributed by atoms with E-state index in [1.54, 1.807) is 57.6 Å². The van der Waals surface area contributed by atoms with Crippen LogP contribution in [0.4, 0.5) is 4.79 Å². The molecular weight excluding hydrogens is 816 g/mol. The van der Waals surface area contributed by atoms with Crippen LogP contribution < -0.4 is 24.3 Å². The summed E-state index contributed by atoms with van der Waals surface area (Å²) < 4.78 is 38.3. The van der Waals surface area contributed by atoms with Gasteiger partial charge in [-0.15, -0.1) is 12.4 Å². The van der Waals surface area contributed by atoms with Crippen molar-refractivity contribution in [2.24, 2.45) is 0 Å². The number of amides is 3. The molecular formula is C47H77ClN4O10. The third kappa shape index (κ3) is 17.3. The molecule has 2 fully saturated rings. The third-order valence-electron chi connectivity index (χ3n) is 10.5. The molecule has 0 bridgehead atoms. The normalized spacial score (nSPS) is 16.8. The van der Waals surface area contributed by atoms with E-state index < -0.39 is 5.60 Å². The fraction of sp³-hybridized carbons (Fsp3) is 0.681. The first-order valence-corrected chi connectivity index (χ1v) is 22.1. The van der Waals surface area contributed by atoms with Crippen LogP contribution in [0.3, 0.4) is 0 Å². The number of rotatable bonds is 18. The molecule has 4 rings (SSSR count). The lowest BCUT2D eigenvalue weighted by atomic mass is 10.0. The molecule has 2 aliphatic heterocycles. The van der Waals surface area contributed by atoms with E-state index in [4.69, 9.17) is 33.2 Å². The first kappa shape index (κ1) is 54.2. The van der Waals surface area contributed by atoms with Crippen LogP contribution in [0.5, 0.6) is 23.0 Å². The highest BCUT2D eigenvalue weighted by Gasteiger charge is 2.34. The second-order valence-electron chi connectivity index (χ2n) is 17.2. The summed E-state index contributed by atoms with van der Waals surface area (Å²) in [5.41, 5.74) is 0.606. The summed E-state index contributed by atoms with van der Waals surface area (Å²) in [4.78, 5) is 45.4. The lowest BCUT2D eigenvalue weighted by Crippen LogP contribution is -2.51. The van der Waals surface area contributed by atoms with Crippen LogP contribution in [-0.2, 0) is 14.2 Å². The maximum atomic E-state index is 13.7. The van der Waals surface area contributed by atoms with Crippen molar-refractivity contribution in [1.82, 2.24) is 20.0 Å². The summed E-state index contributed by atoms with van der Waals surface area (Å²) in [6, 6.07) is 10.9. The Morgan fingerprint density at radius 1 is 0.694 bits per heavy atom. The summed E-state index contributed by atoms with van der Waals surface area (Å²) in [7, 11) is 6.51. The van der Waals surface area contributed by atoms with Crippen LogP contribution in [0.1, 0.15) is 121 Å². The molecule has 2 aromatic rings. The number of likely N-dealkylation sites (tertiary alicyclic amines) is 1. The minimum atomic E-state index is -0.560. The minimum Gasteiger partial charge on any atom is -0.493 e. The second-order valence-corrected chi connectivity index (χ2v) is 17.2. The highest BCUT2D eigenvalue weighted by atomic mass is 35.5. The molecule has 3 amide bonds. The van der Waals surface area contributed by atoms with Crippen LogP contribution in [0.15, 0.2) is 36.4 Å². The van der Waals surface area contributed by atoms with E-state index in [0.717, 1.165) is 58.0 Å². The van der Waals surface area contributed by atoms with E-state index in [9.17, 15) is 14.4 Å². The Morgan fingerprint density at radius 3 is 1.65 bits per heavy atom. The quantitative estimate of drug-likeness (QED) is 0.145. The van der Waals surface area contributed by atoms with Gasteiger partial charge in [0.25, 0.3) is 11.8 Å². The fourth-order valence-corrected chi connectivity index (χ4v) is 7.64. The zero-order valence-electron chi connectivity index (χ0n) is 39.4. The molecule has 62 heavy (non-hydrogen) atoms. The van der Waals surface area contributed by atoms with Gasteiger partial charge in [0.1, 0.15) is 5.60 Å². The molecule has 0 spiro atoms. The van der Waals surface area contributed by atoms with Crippen molar-refractivity contribution in [3.63, 3.8) is 0 Å². The van der Waals surface area contributed by atoms with Gasteiger partial charge in [-0.05, 0) is 124 Å². The van der Waals surface area contributed by atoms with Crippen LogP contribution in [0, 0.1) is 0 Å². The van der Waals surface area contributed by atoms with Gasteiger partial charge in [0, 0.05) is 89.2 Å².